The molecule has 20 heavy (non-hydrogen) atoms. The zero-order valence-electron chi connectivity index (χ0n) is 13.2. The van der Waals surface area contributed by atoms with Crippen LogP contribution >= 0.6 is 0 Å². The van der Waals surface area contributed by atoms with Gasteiger partial charge in [-0.05, 0) is 72.1 Å². The zero-order chi connectivity index (χ0) is 14.4. The first-order valence-electron chi connectivity index (χ1n) is 8.01. The summed E-state index contributed by atoms with van der Waals surface area (Å²) in [5, 5.41) is 3.16. The first-order valence-corrected chi connectivity index (χ1v) is 8.01. The average Bonchev–Trinajstić information content (AvgIpc) is 2.87. The second-order valence-electron chi connectivity index (χ2n) is 6.22. The molecular weight excluding hydrogens is 250 g/mol. The predicted molar refractivity (Wildman–Crippen MR) is 81.9 cm³/mol. The summed E-state index contributed by atoms with van der Waals surface area (Å²) in [6.07, 6.45) is 7.53. The molecule has 1 saturated heterocycles. The first-order chi connectivity index (χ1) is 9.69. The van der Waals surface area contributed by atoms with Crippen LogP contribution in [0.15, 0.2) is 10.7 Å². The standard InChI is InChI=1S/C16H29N3O/c1-13(2)19-9-6-14(7-10-19)11-16-18-15(12-20-16)5-4-8-17-3/h12-14,17H,4-11H2,1-3H3. The summed E-state index contributed by atoms with van der Waals surface area (Å²) in [5.74, 6) is 1.68. The van der Waals surface area contributed by atoms with Crippen LogP contribution in [0.2, 0.25) is 0 Å². The van der Waals surface area contributed by atoms with E-state index in [-0.39, 0.29) is 0 Å². The van der Waals surface area contributed by atoms with Gasteiger partial charge in [0.15, 0.2) is 5.89 Å². The van der Waals surface area contributed by atoms with E-state index in [1.165, 1.54) is 25.9 Å². The number of nitrogens with zero attached hydrogens (tertiary/aromatic N) is 2. The van der Waals surface area contributed by atoms with Crippen LogP contribution in [0.5, 0.6) is 0 Å². The second kappa shape index (κ2) is 7.79. The molecule has 0 atom stereocenters. The van der Waals surface area contributed by atoms with Gasteiger partial charge >= 0.3 is 0 Å². The average molecular weight is 279 g/mol. The normalized spacial score (nSPS) is 18.0. The van der Waals surface area contributed by atoms with E-state index in [1.54, 1.807) is 0 Å². The predicted octanol–water partition coefficient (Wildman–Crippen LogP) is 2.49. The minimum absolute atomic E-state index is 0.677. The van der Waals surface area contributed by atoms with Crippen LogP contribution in [-0.2, 0) is 12.8 Å². The van der Waals surface area contributed by atoms with Gasteiger partial charge in [0, 0.05) is 12.5 Å². The number of oxazole rings is 1. The Morgan fingerprint density at radius 2 is 2.15 bits per heavy atom. The maximum Gasteiger partial charge on any atom is 0.194 e. The van der Waals surface area contributed by atoms with E-state index in [1.807, 2.05) is 13.3 Å². The van der Waals surface area contributed by atoms with E-state index in [2.05, 4.69) is 29.0 Å². The number of aromatic nitrogens is 1. The highest BCUT2D eigenvalue weighted by molar-refractivity contribution is 4.98. The third-order valence-electron chi connectivity index (χ3n) is 4.30. The molecule has 0 aliphatic carbocycles. The molecule has 0 radical (unpaired) electrons. The molecule has 0 saturated carbocycles. The van der Waals surface area contributed by atoms with Crippen molar-refractivity contribution in [2.45, 2.75) is 52.0 Å². The van der Waals surface area contributed by atoms with Gasteiger partial charge in [0.2, 0.25) is 0 Å². The van der Waals surface area contributed by atoms with Crippen LogP contribution in [0.25, 0.3) is 0 Å². The highest BCUT2D eigenvalue weighted by Crippen LogP contribution is 2.22. The van der Waals surface area contributed by atoms with Gasteiger partial charge in [-0.3, -0.25) is 0 Å². The molecule has 0 unspecified atom stereocenters. The second-order valence-corrected chi connectivity index (χ2v) is 6.22. The Labute approximate surface area is 122 Å². The lowest BCUT2D eigenvalue weighted by molar-refractivity contribution is 0.146. The summed E-state index contributed by atoms with van der Waals surface area (Å²) in [4.78, 5) is 7.19. The van der Waals surface area contributed by atoms with Crippen LogP contribution in [-0.4, -0.2) is 42.6 Å². The first kappa shape index (κ1) is 15.5. The quantitative estimate of drug-likeness (QED) is 0.779. The molecule has 2 rings (SSSR count). The van der Waals surface area contributed by atoms with E-state index in [4.69, 9.17) is 4.42 Å². The molecule has 0 bridgehead atoms. The van der Waals surface area contributed by atoms with Crippen molar-refractivity contribution in [3.63, 3.8) is 0 Å². The summed E-state index contributed by atoms with van der Waals surface area (Å²) in [6, 6.07) is 0.677. The zero-order valence-corrected chi connectivity index (χ0v) is 13.2. The van der Waals surface area contributed by atoms with Gasteiger partial charge in [0.25, 0.3) is 0 Å². The SMILES string of the molecule is CNCCCc1coc(CC2CCN(C(C)C)CC2)n1. The lowest BCUT2D eigenvalue weighted by Crippen LogP contribution is -2.38. The fourth-order valence-corrected chi connectivity index (χ4v) is 2.92. The molecule has 1 aromatic heterocycles. The Morgan fingerprint density at radius 3 is 2.80 bits per heavy atom. The minimum atomic E-state index is 0.677. The van der Waals surface area contributed by atoms with Crippen LogP contribution in [0.1, 0.15) is 44.7 Å². The summed E-state index contributed by atoms with van der Waals surface area (Å²) in [6.45, 7) is 8.05. The molecule has 1 aliphatic heterocycles. The van der Waals surface area contributed by atoms with E-state index in [0.29, 0.717) is 6.04 Å². The van der Waals surface area contributed by atoms with Gasteiger partial charge in [-0.2, -0.15) is 0 Å². The fourth-order valence-electron chi connectivity index (χ4n) is 2.92. The number of piperidine rings is 1. The highest BCUT2D eigenvalue weighted by atomic mass is 16.3. The van der Waals surface area contributed by atoms with Crippen molar-refractivity contribution >= 4 is 0 Å². The molecule has 1 aliphatic rings. The molecular formula is C16H29N3O. The van der Waals surface area contributed by atoms with Gasteiger partial charge in [0.1, 0.15) is 6.26 Å². The van der Waals surface area contributed by atoms with Crippen molar-refractivity contribution in [2.24, 2.45) is 5.92 Å². The molecule has 1 N–H and O–H groups in total. The van der Waals surface area contributed by atoms with Gasteiger partial charge in [-0.1, -0.05) is 0 Å². The van der Waals surface area contributed by atoms with Gasteiger partial charge < -0.3 is 14.6 Å². The number of rotatable bonds is 7. The van der Waals surface area contributed by atoms with E-state index in [0.717, 1.165) is 43.3 Å². The fraction of sp³-hybridized carbons (Fsp3) is 0.812. The summed E-state index contributed by atoms with van der Waals surface area (Å²) >= 11 is 0. The molecule has 4 heteroatoms. The number of hydrogen-bond donors (Lipinski definition) is 1. The third kappa shape index (κ3) is 4.60. The lowest BCUT2D eigenvalue weighted by atomic mass is 9.93. The Hall–Kier alpha value is -0.870. The van der Waals surface area contributed by atoms with Crippen LogP contribution in [0, 0.1) is 5.92 Å². The topological polar surface area (TPSA) is 41.3 Å². The number of likely N-dealkylation sites (tertiary alicyclic amines) is 1. The summed E-state index contributed by atoms with van der Waals surface area (Å²) in [7, 11) is 1.98. The molecule has 0 aromatic carbocycles. The monoisotopic (exact) mass is 279 g/mol. The van der Waals surface area contributed by atoms with Crippen LogP contribution in [0.4, 0.5) is 0 Å². The smallest absolute Gasteiger partial charge is 0.194 e. The molecule has 114 valence electrons. The van der Waals surface area contributed by atoms with Crippen molar-refractivity contribution in [3.05, 3.63) is 17.8 Å². The Bertz CT molecular complexity index is 381. The largest absolute Gasteiger partial charge is 0.449 e. The number of nitrogens with one attached hydrogen (secondary N) is 1. The van der Waals surface area contributed by atoms with Crippen LogP contribution < -0.4 is 5.32 Å². The van der Waals surface area contributed by atoms with Crippen molar-refractivity contribution in [2.75, 3.05) is 26.7 Å². The lowest BCUT2D eigenvalue weighted by Gasteiger charge is -2.34. The van der Waals surface area contributed by atoms with Gasteiger partial charge in [-0.15, -0.1) is 0 Å². The molecule has 2 heterocycles. The number of aryl methyl sites for hydroxylation is 1. The highest BCUT2D eigenvalue weighted by Gasteiger charge is 2.22. The number of hydrogen-bond acceptors (Lipinski definition) is 4. The maximum absolute atomic E-state index is 5.63. The molecule has 4 nitrogen and oxygen atoms in total. The van der Waals surface area contributed by atoms with Crippen LogP contribution in [0.3, 0.4) is 0 Å². The van der Waals surface area contributed by atoms with Crippen molar-refractivity contribution in [1.82, 2.24) is 15.2 Å². The van der Waals surface area contributed by atoms with Gasteiger partial charge in [-0.25, -0.2) is 4.98 Å². The Kier molecular flexibility index (Phi) is 6.05. The molecule has 0 amide bonds. The minimum Gasteiger partial charge on any atom is -0.449 e. The Balaban J connectivity index is 1.74. The van der Waals surface area contributed by atoms with Crippen molar-refractivity contribution in [1.29, 1.82) is 0 Å². The maximum atomic E-state index is 5.63. The molecule has 1 fully saturated rings. The van der Waals surface area contributed by atoms with E-state index >= 15 is 0 Å². The molecule has 0 spiro atoms. The molecule has 1 aromatic rings. The van der Waals surface area contributed by atoms with E-state index < -0.39 is 0 Å². The van der Waals surface area contributed by atoms with E-state index in [9.17, 15) is 0 Å². The summed E-state index contributed by atoms with van der Waals surface area (Å²) in [5.41, 5.74) is 1.11. The summed E-state index contributed by atoms with van der Waals surface area (Å²) < 4.78 is 5.63. The van der Waals surface area contributed by atoms with Crippen molar-refractivity contribution < 1.29 is 4.42 Å². The Morgan fingerprint density at radius 1 is 1.40 bits per heavy atom. The third-order valence-corrected chi connectivity index (χ3v) is 4.30. The van der Waals surface area contributed by atoms with Gasteiger partial charge in [0.05, 0.1) is 5.69 Å². The van der Waals surface area contributed by atoms with Crippen molar-refractivity contribution in [3.8, 4) is 0 Å².